The van der Waals surface area contributed by atoms with Crippen molar-refractivity contribution in [2.24, 2.45) is 0 Å². The zero-order valence-corrected chi connectivity index (χ0v) is 18.0. The van der Waals surface area contributed by atoms with Gasteiger partial charge in [-0.05, 0) is 47.2 Å². The fraction of sp³-hybridized carbons (Fsp3) is 0.280. The largest absolute Gasteiger partial charge is 0.507 e. The molecule has 0 bridgehead atoms. The molecule has 1 aliphatic rings. The highest BCUT2D eigenvalue weighted by molar-refractivity contribution is 7.10. The number of rotatable bonds is 6. The minimum Gasteiger partial charge on any atom is -0.507 e. The van der Waals surface area contributed by atoms with Gasteiger partial charge in [0, 0.05) is 17.0 Å². The number of carbonyl (C=O) groups is 2. The quantitative estimate of drug-likeness (QED) is 0.237. The Hall–Kier alpha value is -2.92. The fourth-order valence-electron chi connectivity index (χ4n) is 4.07. The van der Waals surface area contributed by atoms with Crippen LogP contribution >= 0.6 is 11.3 Å². The summed E-state index contributed by atoms with van der Waals surface area (Å²) < 4.78 is 0. The molecule has 5 heteroatoms. The van der Waals surface area contributed by atoms with E-state index in [1.54, 1.807) is 11.0 Å². The molecule has 154 valence electrons. The first-order chi connectivity index (χ1) is 14.5. The van der Waals surface area contributed by atoms with Crippen LogP contribution in [0.25, 0.3) is 16.5 Å². The van der Waals surface area contributed by atoms with Crippen molar-refractivity contribution in [2.45, 2.75) is 39.2 Å². The normalized spacial score (nSPS) is 18.5. The van der Waals surface area contributed by atoms with Crippen LogP contribution in [0.4, 0.5) is 0 Å². The third kappa shape index (κ3) is 3.54. The molecule has 2 aromatic carbocycles. The molecule has 0 saturated carbocycles. The van der Waals surface area contributed by atoms with Crippen molar-refractivity contribution in [3.8, 4) is 0 Å². The van der Waals surface area contributed by atoms with Crippen LogP contribution in [0.2, 0.25) is 0 Å². The zero-order valence-electron chi connectivity index (χ0n) is 17.2. The van der Waals surface area contributed by atoms with Crippen LogP contribution in [-0.4, -0.2) is 28.2 Å². The number of hydrogen-bond acceptors (Lipinski definition) is 4. The van der Waals surface area contributed by atoms with Crippen LogP contribution in [0, 0.1) is 6.92 Å². The fourth-order valence-corrected chi connectivity index (χ4v) is 5.12. The second kappa shape index (κ2) is 8.44. The van der Waals surface area contributed by atoms with E-state index in [4.69, 9.17) is 0 Å². The highest BCUT2D eigenvalue weighted by atomic mass is 32.1. The molecule has 1 atom stereocenters. The van der Waals surface area contributed by atoms with Crippen molar-refractivity contribution in [3.05, 3.63) is 75.5 Å². The van der Waals surface area contributed by atoms with Gasteiger partial charge in [-0.2, -0.15) is 0 Å². The lowest BCUT2D eigenvalue weighted by Gasteiger charge is -2.24. The summed E-state index contributed by atoms with van der Waals surface area (Å²) in [6, 6.07) is 14.9. The first-order valence-corrected chi connectivity index (χ1v) is 11.2. The van der Waals surface area contributed by atoms with E-state index in [9.17, 15) is 14.7 Å². The van der Waals surface area contributed by atoms with Crippen molar-refractivity contribution in [1.82, 2.24) is 4.90 Å². The molecule has 4 nitrogen and oxygen atoms in total. The van der Waals surface area contributed by atoms with Gasteiger partial charge in [0.1, 0.15) is 5.76 Å². The molecule has 1 unspecified atom stereocenters. The number of thiophene rings is 1. The van der Waals surface area contributed by atoms with Crippen LogP contribution in [0.15, 0.2) is 59.5 Å². The van der Waals surface area contributed by atoms with Gasteiger partial charge in [0.05, 0.1) is 11.6 Å². The van der Waals surface area contributed by atoms with Gasteiger partial charge in [0.2, 0.25) is 0 Å². The summed E-state index contributed by atoms with van der Waals surface area (Å²) in [5.41, 5.74) is 1.77. The van der Waals surface area contributed by atoms with Crippen LogP contribution < -0.4 is 0 Å². The second-order valence-corrected chi connectivity index (χ2v) is 8.68. The number of nitrogens with zero attached hydrogens (tertiary/aromatic N) is 1. The number of fused-ring (bicyclic) bond motifs is 1. The molecule has 3 aromatic rings. The number of benzene rings is 2. The van der Waals surface area contributed by atoms with E-state index in [2.05, 4.69) is 6.92 Å². The summed E-state index contributed by atoms with van der Waals surface area (Å²) in [6.45, 7) is 4.59. The number of hydrogen-bond donors (Lipinski definition) is 1. The van der Waals surface area contributed by atoms with E-state index < -0.39 is 17.7 Å². The number of Topliss-reactive ketones (excluding diaryl/α,β-unsaturated/α-hetero) is 1. The Morgan fingerprint density at radius 3 is 2.53 bits per heavy atom. The summed E-state index contributed by atoms with van der Waals surface area (Å²) in [6.07, 6.45) is 2.86. The van der Waals surface area contributed by atoms with Crippen molar-refractivity contribution in [1.29, 1.82) is 0 Å². The maximum absolute atomic E-state index is 13.0. The Kier molecular flexibility index (Phi) is 5.73. The average molecular weight is 420 g/mol. The van der Waals surface area contributed by atoms with E-state index in [0.29, 0.717) is 12.1 Å². The molecule has 1 aliphatic heterocycles. The molecule has 1 fully saturated rings. The van der Waals surface area contributed by atoms with Gasteiger partial charge in [-0.25, -0.2) is 0 Å². The molecule has 2 heterocycles. The van der Waals surface area contributed by atoms with Gasteiger partial charge in [-0.1, -0.05) is 56.2 Å². The monoisotopic (exact) mass is 419 g/mol. The Labute approximate surface area is 180 Å². The van der Waals surface area contributed by atoms with Crippen LogP contribution in [0.3, 0.4) is 0 Å². The van der Waals surface area contributed by atoms with E-state index in [0.717, 1.165) is 40.5 Å². The molecule has 30 heavy (non-hydrogen) atoms. The van der Waals surface area contributed by atoms with E-state index in [1.807, 2.05) is 54.8 Å². The number of amides is 1. The van der Waals surface area contributed by atoms with Crippen LogP contribution in [0.5, 0.6) is 0 Å². The molecular weight excluding hydrogens is 394 g/mol. The third-order valence-corrected chi connectivity index (χ3v) is 6.79. The molecule has 4 rings (SSSR count). The SMILES string of the molecule is CCCCCN1C(=O)C(=O)/C(=C(\O)c2ccc3ccccc3c2)C1c1sccc1C. The number of ketones is 1. The van der Waals surface area contributed by atoms with Crippen molar-refractivity contribution < 1.29 is 14.7 Å². The van der Waals surface area contributed by atoms with Gasteiger partial charge in [-0.15, -0.1) is 11.3 Å². The van der Waals surface area contributed by atoms with Gasteiger partial charge in [0.15, 0.2) is 0 Å². The lowest BCUT2D eigenvalue weighted by atomic mass is 9.97. The van der Waals surface area contributed by atoms with Crippen LogP contribution in [0.1, 0.15) is 48.2 Å². The lowest BCUT2D eigenvalue weighted by Crippen LogP contribution is -2.30. The summed E-state index contributed by atoms with van der Waals surface area (Å²) in [4.78, 5) is 28.5. The number of aliphatic hydroxyl groups excluding tert-OH is 1. The summed E-state index contributed by atoms with van der Waals surface area (Å²) >= 11 is 1.52. The topological polar surface area (TPSA) is 57.6 Å². The predicted molar refractivity (Wildman–Crippen MR) is 122 cm³/mol. The number of aliphatic hydroxyl groups is 1. The Bertz CT molecular complexity index is 1140. The maximum atomic E-state index is 13.0. The van der Waals surface area contributed by atoms with Gasteiger partial charge < -0.3 is 10.0 Å². The molecule has 0 aliphatic carbocycles. The molecule has 1 saturated heterocycles. The van der Waals surface area contributed by atoms with E-state index >= 15 is 0 Å². The van der Waals surface area contributed by atoms with Crippen molar-refractivity contribution >= 4 is 39.6 Å². The number of likely N-dealkylation sites (tertiary alicyclic amines) is 1. The zero-order chi connectivity index (χ0) is 21.3. The highest BCUT2D eigenvalue weighted by Gasteiger charge is 2.46. The number of unbranched alkanes of at least 4 members (excludes halogenated alkanes) is 2. The van der Waals surface area contributed by atoms with Crippen molar-refractivity contribution in [3.63, 3.8) is 0 Å². The predicted octanol–water partition coefficient (Wildman–Crippen LogP) is 5.82. The van der Waals surface area contributed by atoms with Gasteiger partial charge in [0.25, 0.3) is 11.7 Å². The molecular formula is C25H25NO3S. The van der Waals surface area contributed by atoms with E-state index in [1.165, 1.54) is 11.3 Å². The lowest BCUT2D eigenvalue weighted by molar-refractivity contribution is -0.139. The number of carbonyl (C=O) groups excluding carboxylic acids is 2. The highest BCUT2D eigenvalue weighted by Crippen LogP contribution is 2.42. The Morgan fingerprint density at radius 2 is 1.83 bits per heavy atom. The minimum absolute atomic E-state index is 0.102. The number of aryl methyl sites for hydroxylation is 1. The van der Waals surface area contributed by atoms with Gasteiger partial charge in [-0.3, -0.25) is 9.59 Å². The molecule has 1 aromatic heterocycles. The molecule has 1 amide bonds. The minimum atomic E-state index is -0.602. The third-order valence-electron chi connectivity index (χ3n) is 5.72. The molecule has 1 N–H and O–H groups in total. The smallest absolute Gasteiger partial charge is 0.295 e. The second-order valence-electron chi connectivity index (χ2n) is 7.73. The Balaban J connectivity index is 1.84. The maximum Gasteiger partial charge on any atom is 0.295 e. The summed E-state index contributed by atoms with van der Waals surface area (Å²) in [7, 11) is 0. The first-order valence-electron chi connectivity index (χ1n) is 10.3. The standard InChI is InChI=1S/C25H25NO3S/c1-3-4-7-13-26-21(24-16(2)12-14-30-24)20(23(28)25(26)29)22(27)19-11-10-17-8-5-6-9-18(17)15-19/h5-6,8-12,14-15,21,27H,3-4,7,13H2,1-2H3/b22-20-. The van der Waals surface area contributed by atoms with E-state index in [-0.39, 0.29) is 11.3 Å². The summed E-state index contributed by atoms with van der Waals surface area (Å²) in [5, 5.41) is 15.2. The first kappa shape index (κ1) is 20.4. The summed E-state index contributed by atoms with van der Waals surface area (Å²) in [5.74, 6) is -1.23. The van der Waals surface area contributed by atoms with Crippen LogP contribution in [-0.2, 0) is 9.59 Å². The molecule has 0 radical (unpaired) electrons. The molecule has 0 spiro atoms. The Morgan fingerprint density at radius 1 is 1.07 bits per heavy atom. The van der Waals surface area contributed by atoms with Crippen molar-refractivity contribution in [2.75, 3.05) is 6.54 Å². The van der Waals surface area contributed by atoms with Gasteiger partial charge >= 0.3 is 0 Å². The average Bonchev–Trinajstić information content (AvgIpc) is 3.28.